The van der Waals surface area contributed by atoms with Crippen molar-refractivity contribution in [1.82, 2.24) is 10.2 Å². The van der Waals surface area contributed by atoms with E-state index >= 15 is 0 Å². The van der Waals surface area contributed by atoms with E-state index in [1.54, 1.807) is 41.3 Å². The Labute approximate surface area is 260 Å². The fraction of sp³-hybridized carbons (Fsp3) is 0.355. The Morgan fingerprint density at radius 2 is 1.57 bits per heavy atom. The average molecular weight is 638 g/mol. The Morgan fingerprint density at radius 1 is 0.875 bits per heavy atom. The number of nitrogens with one attached hydrogen (secondary N) is 1. The summed E-state index contributed by atoms with van der Waals surface area (Å²) < 4.78 is 0. The van der Waals surface area contributed by atoms with Gasteiger partial charge in [0.1, 0.15) is 6.04 Å². The van der Waals surface area contributed by atoms with Gasteiger partial charge >= 0.3 is 0 Å². The number of hydrogen-bond acceptors (Lipinski definition) is 3. The summed E-state index contributed by atoms with van der Waals surface area (Å²) in [5.41, 5.74) is 2.48. The molecule has 0 aliphatic heterocycles. The monoisotopic (exact) mass is 636 g/mol. The lowest BCUT2D eigenvalue weighted by molar-refractivity contribution is -0.139. The average Bonchev–Trinajstić information content (AvgIpc) is 2.94. The summed E-state index contributed by atoms with van der Waals surface area (Å²) in [5.74, 6) is 0.305. The number of carbonyl (C=O) groups is 2. The van der Waals surface area contributed by atoms with Crippen molar-refractivity contribution >= 4 is 70.0 Å². The fourth-order valence-electron chi connectivity index (χ4n) is 4.93. The second-order valence-corrected chi connectivity index (χ2v) is 12.6. The Bertz CT molecular complexity index is 1280. The lowest BCUT2D eigenvalue weighted by atomic mass is 9.94. The van der Waals surface area contributed by atoms with Gasteiger partial charge in [0.05, 0.1) is 5.75 Å². The van der Waals surface area contributed by atoms with Gasteiger partial charge in [-0.15, -0.1) is 11.8 Å². The third kappa shape index (κ3) is 8.80. The molecule has 212 valence electrons. The van der Waals surface area contributed by atoms with Crippen molar-refractivity contribution in [1.29, 1.82) is 0 Å². The summed E-state index contributed by atoms with van der Waals surface area (Å²) in [6.45, 7) is 0.178. The molecule has 4 nitrogen and oxygen atoms in total. The van der Waals surface area contributed by atoms with Crippen molar-refractivity contribution < 1.29 is 9.59 Å². The fourth-order valence-corrected chi connectivity index (χ4v) is 7.04. The second-order valence-electron chi connectivity index (χ2n) is 10.00. The van der Waals surface area contributed by atoms with Crippen LogP contribution in [0.5, 0.6) is 0 Å². The summed E-state index contributed by atoms with van der Waals surface area (Å²) >= 11 is 26.8. The predicted molar refractivity (Wildman–Crippen MR) is 169 cm³/mol. The maximum absolute atomic E-state index is 13.9. The number of halogens is 4. The van der Waals surface area contributed by atoms with Crippen LogP contribution in [0.1, 0.15) is 48.8 Å². The highest BCUT2D eigenvalue weighted by atomic mass is 35.5. The lowest BCUT2D eigenvalue weighted by Gasteiger charge is -2.33. The van der Waals surface area contributed by atoms with Crippen LogP contribution >= 0.6 is 58.2 Å². The standard InChI is InChI=1S/C31H32Cl4N2O2S/c32-23-15-14-22(28(35)17-23)18-37(30(38)20-40-19-25-26(33)12-7-13-27(25)34)29(16-21-8-3-1-4-9-21)31(39)36-24-10-5-2-6-11-24/h1,3-4,7-9,12-15,17,24,29H,2,5-6,10-11,16,18-20H2,(H,36,39)/t29-/m0/s1. The van der Waals surface area contributed by atoms with Crippen LogP contribution in [-0.2, 0) is 28.3 Å². The molecule has 1 atom stereocenters. The first-order valence-electron chi connectivity index (χ1n) is 13.4. The molecule has 3 aromatic rings. The molecule has 1 saturated carbocycles. The van der Waals surface area contributed by atoms with Gasteiger partial charge in [-0.2, -0.15) is 0 Å². The molecule has 0 bridgehead atoms. The van der Waals surface area contributed by atoms with Crippen LogP contribution in [0, 0.1) is 0 Å². The van der Waals surface area contributed by atoms with Crippen LogP contribution in [0.25, 0.3) is 0 Å². The van der Waals surface area contributed by atoms with Crippen LogP contribution in [-0.4, -0.2) is 34.6 Å². The minimum Gasteiger partial charge on any atom is -0.352 e. The number of nitrogens with zero attached hydrogens (tertiary/aromatic N) is 1. The Hall–Kier alpha value is -1.89. The second kappa shape index (κ2) is 15.4. The van der Waals surface area contributed by atoms with Crippen LogP contribution in [0.2, 0.25) is 20.1 Å². The normalized spacial score (nSPS) is 14.5. The van der Waals surface area contributed by atoms with Crippen LogP contribution < -0.4 is 5.32 Å². The molecule has 1 fully saturated rings. The Balaban J connectivity index is 1.60. The molecule has 40 heavy (non-hydrogen) atoms. The molecule has 1 aliphatic carbocycles. The topological polar surface area (TPSA) is 49.4 Å². The van der Waals surface area contributed by atoms with Crippen LogP contribution in [0.4, 0.5) is 0 Å². The molecule has 0 radical (unpaired) electrons. The van der Waals surface area contributed by atoms with E-state index < -0.39 is 6.04 Å². The van der Waals surface area contributed by atoms with Crippen molar-refractivity contribution in [3.63, 3.8) is 0 Å². The zero-order valence-electron chi connectivity index (χ0n) is 22.1. The van der Waals surface area contributed by atoms with Crippen molar-refractivity contribution in [2.45, 2.75) is 62.9 Å². The van der Waals surface area contributed by atoms with Crippen LogP contribution in [0.15, 0.2) is 66.7 Å². The first-order valence-corrected chi connectivity index (χ1v) is 16.1. The quantitative estimate of drug-likeness (QED) is 0.229. The van der Waals surface area contributed by atoms with Crippen LogP contribution in [0.3, 0.4) is 0 Å². The molecule has 0 aromatic heterocycles. The molecular weight excluding hydrogens is 606 g/mol. The van der Waals surface area contributed by atoms with E-state index in [2.05, 4.69) is 5.32 Å². The molecule has 3 aromatic carbocycles. The largest absolute Gasteiger partial charge is 0.352 e. The molecule has 0 heterocycles. The minimum absolute atomic E-state index is 0.118. The smallest absolute Gasteiger partial charge is 0.243 e. The number of amides is 2. The van der Waals surface area contributed by atoms with Gasteiger partial charge in [0.25, 0.3) is 0 Å². The van der Waals surface area contributed by atoms with Gasteiger partial charge in [0.15, 0.2) is 0 Å². The minimum atomic E-state index is -0.715. The number of benzene rings is 3. The third-order valence-electron chi connectivity index (χ3n) is 7.11. The highest BCUT2D eigenvalue weighted by Gasteiger charge is 2.32. The van der Waals surface area contributed by atoms with E-state index in [1.807, 2.05) is 30.3 Å². The van der Waals surface area contributed by atoms with Crippen molar-refractivity contribution in [3.05, 3.63) is 104 Å². The molecule has 2 amide bonds. The molecule has 9 heteroatoms. The Morgan fingerprint density at radius 3 is 2.25 bits per heavy atom. The van der Waals surface area contributed by atoms with Gasteiger partial charge in [-0.05, 0) is 53.8 Å². The summed E-state index contributed by atoms with van der Waals surface area (Å²) in [6, 6.07) is 19.7. The summed E-state index contributed by atoms with van der Waals surface area (Å²) in [5, 5.41) is 5.33. The van der Waals surface area contributed by atoms with Gasteiger partial charge in [0.2, 0.25) is 11.8 Å². The SMILES string of the molecule is O=C(NC1CCCCC1)[C@H](Cc1ccccc1)N(Cc1ccc(Cl)cc1Cl)C(=O)CSCc1c(Cl)cccc1Cl. The maximum atomic E-state index is 13.9. The lowest BCUT2D eigenvalue weighted by Crippen LogP contribution is -2.53. The summed E-state index contributed by atoms with van der Waals surface area (Å²) in [7, 11) is 0. The van der Waals surface area contributed by atoms with Crippen molar-refractivity contribution in [3.8, 4) is 0 Å². The van der Waals surface area contributed by atoms with E-state index in [9.17, 15) is 9.59 Å². The predicted octanol–water partition coefficient (Wildman–Crippen LogP) is 8.62. The first-order chi connectivity index (χ1) is 19.3. The molecule has 1 N–H and O–H groups in total. The number of carbonyl (C=O) groups excluding carboxylic acids is 2. The molecule has 1 aliphatic rings. The Kier molecular flexibility index (Phi) is 11.9. The number of rotatable bonds is 11. The van der Waals surface area contributed by atoms with Gasteiger partial charge < -0.3 is 10.2 Å². The van der Waals surface area contributed by atoms with Crippen molar-refractivity contribution in [2.24, 2.45) is 0 Å². The van der Waals surface area contributed by atoms with Gasteiger partial charge in [-0.25, -0.2) is 0 Å². The number of hydrogen-bond donors (Lipinski definition) is 1. The van der Waals surface area contributed by atoms with E-state index in [1.165, 1.54) is 18.2 Å². The zero-order chi connectivity index (χ0) is 28.5. The zero-order valence-corrected chi connectivity index (χ0v) is 25.9. The molecule has 4 rings (SSSR count). The summed E-state index contributed by atoms with van der Waals surface area (Å²) in [4.78, 5) is 29.4. The third-order valence-corrected chi connectivity index (χ3v) is 9.35. The summed E-state index contributed by atoms with van der Waals surface area (Å²) in [6.07, 6.45) is 5.67. The maximum Gasteiger partial charge on any atom is 0.243 e. The highest BCUT2D eigenvalue weighted by molar-refractivity contribution is 7.99. The molecule has 0 saturated heterocycles. The van der Waals surface area contributed by atoms with Gasteiger partial charge in [-0.1, -0.05) is 108 Å². The highest BCUT2D eigenvalue weighted by Crippen LogP contribution is 2.29. The molecule has 0 spiro atoms. The molecular formula is C31H32Cl4N2O2S. The van der Waals surface area contributed by atoms with Crippen molar-refractivity contribution in [2.75, 3.05) is 5.75 Å². The first kappa shape index (κ1) is 31.1. The van der Waals surface area contributed by atoms with Gasteiger partial charge in [0, 0.05) is 44.9 Å². The number of thioether (sulfide) groups is 1. The van der Waals surface area contributed by atoms with E-state index in [0.717, 1.165) is 42.4 Å². The molecule has 0 unspecified atom stereocenters. The van der Waals surface area contributed by atoms with E-state index in [0.29, 0.717) is 32.3 Å². The van der Waals surface area contributed by atoms with E-state index in [4.69, 9.17) is 46.4 Å². The van der Waals surface area contributed by atoms with Gasteiger partial charge in [-0.3, -0.25) is 9.59 Å². The van der Waals surface area contributed by atoms with E-state index in [-0.39, 0.29) is 30.2 Å².